The molecule has 0 bridgehead atoms. The third-order valence-corrected chi connectivity index (χ3v) is 3.12. The lowest BCUT2D eigenvalue weighted by atomic mass is 10.0. The number of anilines is 1. The molecule has 2 aromatic carbocycles. The molecule has 1 unspecified atom stereocenters. The van der Waals surface area contributed by atoms with Crippen LogP contribution in [0.4, 0.5) is 23.7 Å². The van der Waals surface area contributed by atoms with Gasteiger partial charge in [-0.15, -0.1) is 0 Å². The highest BCUT2D eigenvalue weighted by atomic mass is 19.2. The monoisotopic (exact) mass is 324 g/mol. The van der Waals surface area contributed by atoms with E-state index in [1.54, 1.807) is 19.1 Å². The van der Waals surface area contributed by atoms with Gasteiger partial charge in [-0.05, 0) is 30.7 Å². The molecule has 2 aromatic rings. The van der Waals surface area contributed by atoms with Crippen LogP contribution in [0.1, 0.15) is 6.92 Å². The molecular weight excluding hydrogens is 309 g/mol. The quantitative estimate of drug-likeness (QED) is 0.756. The molecule has 0 saturated heterocycles. The number of amides is 2. The number of aliphatic hydroxyl groups excluding tert-OH is 1. The average molecular weight is 324 g/mol. The lowest BCUT2D eigenvalue weighted by molar-refractivity contribution is 0.229. The van der Waals surface area contributed by atoms with Crippen LogP contribution in [0.3, 0.4) is 0 Å². The molecule has 0 fully saturated rings. The number of para-hydroxylation sites is 1. The van der Waals surface area contributed by atoms with Crippen molar-refractivity contribution in [3.05, 3.63) is 53.8 Å². The van der Waals surface area contributed by atoms with Crippen LogP contribution in [0.15, 0.2) is 36.4 Å². The number of nitrogens with one attached hydrogen (secondary N) is 2. The van der Waals surface area contributed by atoms with Gasteiger partial charge in [-0.25, -0.2) is 18.0 Å². The first kappa shape index (κ1) is 16.8. The summed E-state index contributed by atoms with van der Waals surface area (Å²) < 4.78 is 39.9. The van der Waals surface area contributed by atoms with Gasteiger partial charge in [0.25, 0.3) is 0 Å². The molecule has 0 aromatic heterocycles. The summed E-state index contributed by atoms with van der Waals surface area (Å²) in [7, 11) is 0. The molecule has 3 N–H and O–H groups in total. The maximum absolute atomic E-state index is 13.4. The van der Waals surface area contributed by atoms with E-state index in [0.29, 0.717) is 11.3 Å². The van der Waals surface area contributed by atoms with Gasteiger partial charge in [-0.2, -0.15) is 0 Å². The smallest absolute Gasteiger partial charge is 0.319 e. The predicted molar refractivity (Wildman–Crippen MR) is 80.5 cm³/mol. The fraction of sp³-hybridized carbons (Fsp3) is 0.188. The lowest BCUT2D eigenvalue weighted by Gasteiger charge is -2.15. The Balaban J connectivity index is 2.33. The summed E-state index contributed by atoms with van der Waals surface area (Å²) in [6.45, 7) is 1.37. The van der Waals surface area contributed by atoms with Crippen molar-refractivity contribution in [2.45, 2.75) is 13.0 Å². The van der Waals surface area contributed by atoms with E-state index in [-0.39, 0.29) is 12.2 Å². The van der Waals surface area contributed by atoms with Crippen LogP contribution in [-0.4, -0.2) is 23.8 Å². The molecule has 2 rings (SSSR count). The first-order chi connectivity index (χ1) is 10.9. The largest absolute Gasteiger partial charge is 0.394 e. The number of hydrogen-bond acceptors (Lipinski definition) is 2. The van der Waals surface area contributed by atoms with E-state index in [4.69, 9.17) is 5.11 Å². The van der Waals surface area contributed by atoms with Crippen molar-refractivity contribution < 1.29 is 23.1 Å². The highest BCUT2D eigenvalue weighted by Crippen LogP contribution is 2.30. The molecular formula is C16H15F3N2O2. The molecule has 0 aliphatic carbocycles. The Morgan fingerprint density at radius 3 is 2.39 bits per heavy atom. The zero-order valence-corrected chi connectivity index (χ0v) is 12.2. The van der Waals surface area contributed by atoms with Gasteiger partial charge in [-0.1, -0.05) is 18.2 Å². The van der Waals surface area contributed by atoms with E-state index in [1.165, 1.54) is 12.1 Å². The van der Waals surface area contributed by atoms with Crippen molar-refractivity contribution in [3.63, 3.8) is 0 Å². The number of carbonyl (C=O) groups is 1. The van der Waals surface area contributed by atoms with Crippen LogP contribution in [0, 0.1) is 17.5 Å². The van der Waals surface area contributed by atoms with Gasteiger partial charge in [0.2, 0.25) is 0 Å². The Morgan fingerprint density at radius 1 is 1.17 bits per heavy atom. The molecule has 0 saturated carbocycles. The highest BCUT2D eigenvalue weighted by molar-refractivity contribution is 5.94. The second-order valence-electron chi connectivity index (χ2n) is 4.98. The summed E-state index contributed by atoms with van der Waals surface area (Å²) >= 11 is 0. The Labute approximate surface area is 131 Å². The third-order valence-electron chi connectivity index (χ3n) is 3.12. The van der Waals surface area contributed by atoms with Gasteiger partial charge in [0, 0.05) is 5.56 Å². The Kier molecular flexibility index (Phi) is 5.23. The zero-order chi connectivity index (χ0) is 17.0. The molecule has 0 heterocycles. The van der Waals surface area contributed by atoms with Gasteiger partial charge >= 0.3 is 6.03 Å². The van der Waals surface area contributed by atoms with E-state index in [9.17, 15) is 18.0 Å². The van der Waals surface area contributed by atoms with E-state index >= 15 is 0 Å². The van der Waals surface area contributed by atoms with Crippen molar-refractivity contribution in [2.24, 2.45) is 0 Å². The second kappa shape index (κ2) is 7.15. The minimum Gasteiger partial charge on any atom is -0.394 e. The Bertz CT molecular complexity index is 699. The first-order valence-electron chi connectivity index (χ1n) is 6.84. The van der Waals surface area contributed by atoms with Gasteiger partial charge in [0.15, 0.2) is 17.5 Å². The number of rotatable bonds is 4. The topological polar surface area (TPSA) is 61.4 Å². The Hall–Kier alpha value is -2.54. The molecule has 0 spiro atoms. The second-order valence-corrected chi connectivity index (χ2v) is 4.98. The highest BCUT2D eigenvalue weighted by Gasteiger charge is 2.15. The van der Waals surface area contributed by atoms with Crippen molar-refractivity contribution in [1.29, 1.82) is 0 Å². The molecule has 122 valence electrons. The summed E-state index contributed by atoms with van der Waals surface area (Å²) in [5.74, 6) is -4.17. The van der Waals surface area contributed by atoms with E-state index in [2.05, 4.69) is 10.6 Å². The van der Waals surface area contributed by atoms with Crippen LogP contribution in [0.2, 0.25) is 0 Å². The molecule has 0 aliphatic heterocycles. The summed E-state index contributed by atoms with van der Waals surface area (Å²) in [5.41, 5.74) is 0.713. The molecule has 4 nitrogen and oxygen atoms in total. The summed E-state index contributed by atoms with van der Waals surface area (Å²) in [5, 5.41) is 13.9. The number of benzene rings is 2. The number of urea groups is 1. The maximum atomic E-state index is 13.4. The van der Waals surface area contributed by atoms with Crippen molar-refractivity contribution in [2.75, 3.05) is 11.9 Å². The third kappa shape index (κ3) is 4.01. The normalized spacial score (nSPS) is 11.9. The van der Waals surface area contributed by atoms with E-state index in [0.717, 1.165) is 12.1 Å². The fourth-order valence-electron chi connectivity index (χ4n) is 1.98. The predicted octanol–water partition coefficient (Wildman–Crippen LogP) is 3.27. The van der Waals surface area contributed by atoms with Crippen LogP contribution in [0.5, 0.6) is 0 Å². The minimum absolute atomic E-state index is 0.0903. The zero-order valence-electron chi connectivity index (χ0n) is 12.2. The first-order valence-corrected chi connectivity index (χ1v) is 6.84. The molecule has 0 aliphatic rings. The van der Waals surface area contributed by atoms with Gasteiger partial charge in [-0.3, -0.25) is 0 Å². The molecule has 7 heteroatoms. The van der Waals surface area contributed by atoms with Crippen LogP contribution < -0.4 is 10.6 Å². The summed E-state index contributed by atoms with van der Waals surface area (Å²) in [6, 6.07) is 7.00. The van der Waals surface area contributed by atoms with Gasteiger partial charge in [0.1, 0.15) is 0 Å². The van der Waals surface area contributed by atoms with E-state index in [1.807, 2.05) is 0 Å². The summed E-state index contributed by atoms with van der Waals surface area (Å²) in [4.78, 5) is 11.8. The van der Waals surface area contributed by atoms with Crippen molar-refractivity contribution >= 4 is 11.7 Å². The number of hydrogen-bond donors (Lipinski definition) is 3. The molecule has 0 radical (unpaired) electrons. The maximum Gasteiger partial charge on any atom is 0.319 e. The SMILES string of the molecule is CC(CO)NC(=O)Nc1ccccc1-c1cc(F)c(F)c(F)c1. The molecule has 1 atom stereocenters. The number of halogens is 3. The number of aliphatic hydroxyl groups is 1. The molecule has 23 heavy (non-hydrogen) atoms. The summed E-state index contributed by atoms with van der Waals surface area (Å²) in [6.07, 6.45) is 0. The Morgan fingerprint density at radius 2 is 1.78 bits per heavy atom. The van der Waals surface area contributed by atoms with Crippen molar-refractivity contribution in [1.82, 2.24) is 5.32 Å². The van der Waals surface area contributed by atoms with Gasteiger partial charge in [0.05, 0.1) is 18.3 Å². The van der Waals surface area contributed by atoms with Crippen LogP contribution in [0.25, 0.3) is 11.1 Å². The molecule has 2 amide bonds. The van der Waals surface area contributed by atoms with E-state index < -0.39 is 29.5 Å². The fourth-order valence-corrected chi connectivity index (χ4v) is 1.98. The van der Waals surface area contributed by atoms with Crippen LogP contribution >= 0.6 is 0 Å². The number of carbonyl (C=O) groups excluding carboxylic acids is 1. The van der Waals surface area contributed by atoms with Crippen molar-refractivity contribution in [3.8, 4) is 11.1 Å². The standard InChI is InChI=1S/C16H15F3N2O2/c1-9(8-22)20-16(23)21-14-5-3-2-4-11(14)10-6-12(17)15(19)13(18)7-10/h2-7,9,22H,8H2,1H3,(H2,20,21,23). The minimum atomic E-state index is -1.55. The average Bonchev–Trinajstić information content (AvgIpc) is 2.52. The van der Waals surface area contributed by atoms with Gasteiger partial charge < -0.3 is 15.7 Å². The van der Waals surface area contributed by atoms with Crippen LogP contribution in [-0.2, 0) is 0 Å². The lowest BCUT2D eigenvalue weighted by Crippen LogP contribution is -2.38.